The molecule has 0 aromatic carbocycles. The number of carbonyl (C=O) groups is 8. The van der Waals surface area contributed by atoms with E-state index in [4.69, 9.17) is 90.8 Å². The molecule has 722 valence electrons. The van der Waals surface area contributed by atoms with Gasteiger partial charge in [0.05, 0.1) is 65.1 Å². The molecule has 8 saturated heterocycles. The minimum atomic E-state index is -2.05. The molecule has 32 N–H and O–H groups in total. The minimum Gasteiger partial charge on any atom is -0.394 e. The van der Waals surface area contributed by atoms with E-state index in [-0.39, 0.29) is 0 Å². The van der Waals surface area contributed by atoms with E-state index in [1.165, 1.54) is 0 Å². The lowest BCUT2D eigenvalue weighted by Gasteiger charge is -2.52. The Morgan fingerprint density at radius 1 is 0.270 bits per heavy atom. The van der Waals surface area contributed by atoms with Crippen molar-refractivity contribution < 1.29 is 207 Å². The summed E-state index contributed by atoms with van der Waals surface area (Å²) in [5, 5.41) is 250. The fourth-order valence-corrected chi connectivity index (χ4v) is 15.8. The summed E-state index contributed by atoms with van der Waals surface area (Å²) in [6, 6.07) is -14.2. The summed E-state index contributed by atoms with van der Waals surface area (Å²) in [6.07, 6.45) is -64.9. The van der Waals surface area contributed by atoms with Crippen molar-refractivity contribution >= 4 is 81.9 Å². The molecule has 0 saturated carbocycles. The van der Waals surface area contributed by atoms with E-state index < -0.39 is 381 Å². The number of thiocarbonyl (C=S) groups is 2. The van der Waals surface area contributed by atoms with E-state index in [0.717, 1.165) is 55.4 Å². The standard InChI is InChI=1S/C70H118N12O42S2/c1-19(89)73-37-51(105)45(99)29(11-83)115-63(37)111-17-35-57(121-65-39(75-21(3)91)53(107)47(101)31(13-85)117-65)59(123-67-41(77-23(5)93)55(109)49(103)33(15-87)119-67)43(79-25(7)95)61(113-35)81-69(125)71-9-27(97)28(98)10-72-70(126)82-62-44(80-26(8)96)60(124-68-42(78-24(6)94)56(110)50(104)34(16-88)120-68)58(122-66-40(76-22(4)92)54(108)48(102)32(14-86)118-66)36(114-62)18-112-64-38(74-20(2)90)52(106)46(100)30(12-84)116-64/h27-68,83-88,97-110H,9-18H2,1-8H3,(H,73,89)(H,74,90)(H,75,91)(H,76,92)(H,77,93)(H,78,94)(H,79,95)(H,80,96)(H2,71,81,125)(H2,72,82,126)/t27?,28?,29-,30-,31-,32-,33-,34-,35-,36-,37-,38-,39-,40-,41-,42-,43-,44-,45-,46-,47-,48-,49-,50-,51-,52-,53-,54-,55-,56-,57-,58-,59-,60-,61-,62-,63-,64-,65+,66+,67+,68+/m1/s1. The van der Waals surface area contributed by atoms with Gasteiger partial charge >= 0.3 is 0 Å². The summed E-state index contributed by atoms with van der Waals surface area (Å²) in [7, 11) is 0. The van der Waals surface area contributed by atoms with Crippen LogP contribution in [0.3, 0.4) is 0 Å². The van der Waals surface area contributed by atoms with Gasteiger partial charge in [0.2, 0.25) is 47.3 Å². The molecule has 8 heterocycles. The third kappa shape index (κ3) is 26.6. The van der Waals surface area contributed by atoms with Gasteiger partial charge in [-0.1, -0.05) is 0 Å². The topological polar surface area (TPSA) is 815 Å². The molecule has 0 spiro atoms. The fraction of sp³-hybridized carbons (Fsp3) is 0.857. The van der Waals surface area contributed by atoms with Crippen LogP contribution < -0.4 is 63.8 Å². The highest BCUT2D eigenvalue weighted by atomic mass is 32.1. The maximum Gasteiger partial charge on any atom is 0.217 e. The van der Waals surface area contributed by atoms with E-state index in [2.05, 4.69) is 63.8 Å². The number of amides is 8. The molecule has 0 aromatic rings. The third-order valence-electron chi connectivity index (χ3n) is 21.6. The van der Waals surface area contributed by atoms with Crippen molar-refractivity contribution in [2.45, 2.75) is 313 Å². The largest absolute Gasteiger partial charge is 0.394 e. The number of rotatable bonds is 35. The van der Waals surface area contributed by atoms with Crippen LogP contribution in [0.25, 0.3) is 0 Å². The predicted molar refractivity (Wildman–Crippen MR) is 416 cm³/mol. The number of hydrogen-bond donors (Lipinski definition) is 32. The maximum atomic E-state index is 13.7. The van der Waals surface area contributed by atoms with Gasteiger partial charge in [-0.05, 0) is 24.4 Å². The molecule has 0 bridgehead atoms. The predicted octanol–water partition coefficient (Wildman–Crippen LogP) is -19.7. The Labute approximate surface area is 728 Å². The zero-order valence-corrected chi connectivity index (χ0v) is 70.7. The lowest BCUT2D eigenvalue weighted by atomic mass is 9.92. The van der Waals surface area contributed by atoms with Gasteiger partial charge in [-0.25, -0.2) is 0 Å². The second-order valence-corrected chi connectivity index (χ2v) is 32.0. The molecule has 126 heavy (non-hydrogen) atoms. The van der Waals surface area contributed by atoms with Gasteiger partial charge < -0.3 is 232 Å². The van der Waals surface area contributed by atoms with E-state index in [0.29, 0.717) is 0 Å². The Morgan fingerprint density at radius 3 is 0.667 bits per heavy atom. The first-order valence-corrected chi connectivity index (χ1v) is 40.8. The van der Waals surface area contributed by atoms with Gasteiger partial charge in [0.25, 0.3) is 0 Å². The van der Waals surface area contributed by atoms with E-state index in [1.54, 1.807) is 0 Å². The van der Waals surface area contributed by atoms with Crippen LogP contribution in [0.5, 0.6) is 0 Å². The minimum absolute atomic E-state index is 0.539. The number of carbonyl (C=O) groups excluding carboxylic acids is 8. The summed E-state index contributed by atoms with van der Waals surface area (Å²) in [5.74, 6) is -6.89. The molecule has 54 nitrogen and oxygen atoms in total. The summed E-state index contributed by atoms with van der Waals surface area (Å²) in [6.45, 7) is -1.36. The van der Waals surface area contributed by atoms with Crippen molar-refractivity contribution in [3.63, 3.8) is 0 Å². The van der Waals surface area contributed by atoms with Crippen molar-refractivity contribution in [1.29, 1.82) is 0 Å². The molecule has 0 aromatic heterocycles. The van der Waals surface area contributed by atoms with Gasteiger partial charge in [-0.15, -0.1) is 0 Å². The smallest absolute Gasteiger partial charge is 0.217 e. The van der Waals surface area contributed by atoms with Crippen LogP contribution in [0, 0.1) is 0 Å². The fourth-order valence-electron chi connectivity index (χ4n) is 15.4. The summed E-state index contributed by atoms with van der Waals surface area (Å²) >= 11 is 11.5. The van der Waals surface area contributed by atoms with Crippen molar-refractivity contribution in [2.24, 2.45) is 0 Å². The Kier molecular flexibility index (Phi) is 39.8. The molecule has 0 aliphatic carbocycles. The second-order valence-electron chi connectivity index (χ2n) is 31.2. The Bertz CT molecular complexity index is 3380. The van der Waals surface area contributed by atoms with Crippen LogP contribution in [0.2, 0.25) is 0 Å². The highest BCUT2D eigenvalue weighted by Crippen LogP contribution is 2.38. The monoisotopic (exact) mass is 1860 g/mol. The molecule has 42 atom stereocenters. The highest BCUT2D eigenvalue weighted by Gasteiger charge is 2.60. The number of aliphatic hydroxyl groups is 20. The Balaban J connectivity index is 1.13. The van der Waals surface area contributed by atoms with E-state index >= 15 is 0 Å². The van der Waals surface area contributed by atoms with Crippen molar-refractivity contribution in [2.75, 3.05) is 65.9 Å². The first-order chi connectivity index (χ1) is 59.4. The van der Waals surface area contributed by atoms with Gasteiger partial charge in [0.15, 0.2) is 60.4 Å². The maximum absolute atomic E-state index is 13.7. The zero-order chi connectivity index (χ0) is 93.5. The quantitative estimate of drug-likeness (QED) is 0.0262. The van der Waals surface area contributed by atoms with Gasteiger partial charge in [0.1, 0.15) is 195 Å². The number of hydrogen-bond acceptors (Lipinski definition) is 44. The van der Waals surface area contributed by atoms with Gasteiger partial charge in [0, 0.05) is 68.5 Å². The molecule has 56 heteroatoms. The summed E-state index contributed by atoms with van der Waals surface area (Å²) in [5.41, 5.74) is 0. The van der Waals surface area contributed by atoms with Crippen molar-refractivity contribution in [3.8, 4) is 0 Å². The molecule has 8 aliphatic heterocycles. The molecule has 8 fully saturated rings. The SMILES string of the molecule is CC(=O)N[C@@H]1[C@@H](O[C@@H]2O[C@H](CO)[C@@H](O)[C@H](O)[C@H]2NC(C)=O)[C@H](O[C@@H]2O[C@H](CO)[C@@H](O)[C@H](O)[C@H]2NC(C)=O)[C@@H](CO[C@@H]2O[C@H](CO)[C@@H](O)[C@H](O)[C@H]2NC(C)=O)O[C@H]1NC(=S)NCC(O)C(O)CNC(=S)N[C@@H]1O[C@H](CO[C@@H]2O[C@H](CO)[C@@H](O)[C@H](O)[C@H]2NC(C)=O)[C@@H](O[C@@H]2O[C@H](CO)[C@@H](O)[C@H](O)[C@H]2NC(C)=O)[C@H](O[C@@H]2O[C@H](CO)[C@@H](O)[C@H](O)[C@H]2NC(C)=O)[C@H]1NC(C)=O. The average Bonchev–Trinajstić information content (AvgIpc) is 0.760. The number of ether oxygens (including phenoxy) is 14. The van der Waals surface area contributed by atoms with Gasteiger partial charge in [-0.2, -0.15) is 0 Å². The molecule has 8 rings (SSSR count). The average molecular weight is 1860 g/mol. The molecular weight excluding hydrogens is 1740 g/mol. The second kappa shape index (κ2) is 47.7. The normalized spacial score (nSPS) is 41.2. The Hall–Kier alpha value is -6.22. The van der Waals surface area contributed by atoms with Crippen LogP contribution in [0.15, 0.2) is 0 Å². The van der Waals surface area contributed by atoms with E-state index in [9.17, 15) is 140 Å². The van der Waals surface area contributed by atoms with E-state index in [1.807, 2.05) is 0 Å². The highest BCUT2D eigenvalue weighted by molar-refractivity contribution is 7.80. The number of nitrogens with one attached hydrogen (secondary N) is 12. The van der Waals surface area contributed by atoms with Crippen LogP contribution >= 0.6 is 24.4 Å². The van der Waals surface area contributed by atoms with Crippen LogP contribution in [-0.2, 0) is 105 Å². The summed E-state index contributed by atoms with van der Waals surface area (Å²) in [4.78, 5) is 104. The summed E-state index contributed by atoms with van der Waals surface area (Å²) < 4.78 is 87.6. The number of aliphatic hydroxyl groups excluding tert-OH is 20. The van der Waals surface area contributed by atoms with Crippen molar-refractivity contribution in [3.05, 3.63) is 0 Å². The van der Waals surface area contributed by atoms with Crippen LogP contribution in [-0.4, -0.2) is 483 Å². The first-order valence-electron chi connectivity index (χ1n) is 39.9. The molecule has 8 aliphatic rings. The third-order valence-corrected chi connectivity index (χ3v) is 22.1. The molecule has 0 radical (unpaired) electrons. The van der Waals surface area contributed by atoms with Crippen molar-refractivity contribution in [1.82, 2.24) is 63.8 Å². The molecular formula is C70H118N12O42S2. The Morgan fingerprint density at radius 2 is 0.460 bits per heavy atom. The van der Waals surface area contributed by atoms with Crippen LogP contribution in [0.4, 0.5) is 0 Å². The molecule has 8 amide bonds. The van der Waals surface area contributed by atoms with Gasteiger partial charge in [-0.3, -0.25) is 38.4 Å². The van der Waals surface area contributed by atoms with Crippen LogP contribution in [0.1, 0.15) is 55.4 Å². The first kappa shape index (κ1) is 105. The lowest BCUT2D eigenvalue weighted by molar-refractivity contribution is -0.348. The molecule has 2 unspecified atom stereocenters. The zero-order valence-electron chi connectivity index (χ0n) is 69.1. The lowest BCUT2D eigenvalue weighted by Crippen LogP contribution is -2.73.